The van der Waals surface area contributed by atoms with Crippen molar-refractivity contribution in [1.82, 2.24) is 20.5 Å². The van der Waals surface area contributed by atoms with Gasteiger partial charge in [0.2, 0.25) is 0 Å². The molecule has 0 aromatic carbocycles. The summed E-state index contributed by atoms with van der Waals surface area (Å²) in [6.07, 6.45) is 1.11. The van der Waals surface area contributed by atoms with Gasteiger partial charge in [-0.1, -0.05) is 0 Å². The van der Waals surface area contributed by atoms with Gasteiger partial charge in [0.15, 0.2) is 5.96 Å². The highest BCUT2D eigenvalue weighted by Gasteiger charge is 2.12. The van der Waals surface area contributed by atoms with Crippen LogP contribution in [-0.2, 0) is 6.54 Å². The Balaban J connectivity index is 0.00000529. The van der Waals surface area contributed by atoms with Crippen LogP contribution in [-0.4, -0.2) is 48.1 Å². The highest BCUT2D eigenvalue weighted by atomic mass is 127. The fraction of sp³-hybridized carbons (Fsp3) is 0.765. The number of guanidine groups is 1. The summed E-state index contributed by atoms with van der Waals surface area (Å²) in [6.45, 7) is 15.9. The summed E-state index contributed by atoms with van der Waals surface area (Å²) < 4.78 is 0. The lowest BCUT2D eigenvalue weighted by Crippen LogP contribution is -2.41. The maximum atomic E-state index is 4.46. The molecular formula is C17H34IN5S. The van der Waals surface area contributed by atoms with Crippen LogP contribution in [0.3, 0.4) is 0 Å². The van der Waals surface area contributed by atoms with E-state index >= 15 is 0 Å². The first-order valence-electron chi connectivity index (χ1n) is 8.48. The van der Waals surface area contributed by atoms with E-state index in [1.807, 2.05) is 14.0 Å². The molecule has 0 fully saturated rings. The maximum absolute atomic E-state index is 4.46. The Kier molecular flexibility index (Phi) is 11.8. The SMILES string of the molecule is CN=C(NCCCN(C(C)C)C(C)C)NCc1sc(C)nc1C.I. The average Bonchev–Trinajstić information content (AvgIpc) is 2.79. The standard InChI is InChI=1S/C17H33N5S.HI/c1-12(2)22(13(3)4)10-8-9-19-17(18-7)20-11-16-14(5)21-15(6)23-16;/h12-13H,8-11H2,1-7H3,(H2,18,19,20);1H. The van der Waals surface area contributed by atoms with Gasteiger partial charge >= 0.3 is 0 Å². The first-order chi connectivity index (χ1) is 10.8. The molecule has 0 aliphatic heterocycles. The van der Waals surface area contributed by atoms with Gasteiger partial charge < -0.3 is 10.6 Å². The van der Waals surface area contributed by atoms with Gasteiger partial charge in [0.05, 0.1) is 17.2 Å². The van der Waals surface area contributed by atoms with Gasteiger partial charge in [0, 0.05) is 37.1 Å². The second kappa shape index (κ2) is 12.0. The molecule has 0 saturated carbocycles. The maximum Gasteiger partial charge on any atom is 0.191 e. The number of aromatic nitrogens is 1. The summed E-state index contributed by atoms with van der Waals surface area (Å²) in [5, 5.41) is 7.88. The molecule has 24 heavy (non-hydrogen) atoms. The Hall–Kier alpha value is -0.410. The van der Waals surface area contributed by atoms with Crippen LogP contribution in [0.25, 0.3) is 0 Å². The number of aryl methyl sites for hydroxylation is 2. The number of hydrogen-bond acceptors (Lipinski definition) is 4. The van der Waals surface area contributed by atoms with Gasteiger partial charge in [0.1, 0.15) is 0 Å². The van der Waals surface area contributed by atoms with Crippen molar-refractivity contribution in [3.05, 3.63) is 15.6 Å². The number of rotatable bonds is 8. The number of thiazole rings is 1. The van der Waals surface area contributed by atoms with Gasteiger partial charge in [0.25, 0.3) is 0 Å². The monoisotopic (exact) mass is 467 g/mol. The van der Waals surface area contributed by atoms with E-state index in [0.717, 1.165) is 42.7 Å². The predicted octanol–water partition coefficient (Wildman–Crippen LogP) is 3.55. The molecule has 5 nitrogen and oxygen atoms in total. The van der Waals surface area contributed by atoms with Crippen LogP contribution in [0.4, 0.5) is 0 Å². The first kappa shape index (κ1) is 23.6. The molecule has 0 aliphatic rings. The summed E-state index contributed by atoms with van der Waals surface area (Å²) in [4.78, 5) is 12.5. The normalized spacial score (nSPS) is 12.0. The van der Waals surface area contributed by atoms with E-state index in [-0.39, 0.29) is 24.0 Å². The Morgan fingerprint density at radius 3 is 2.25 bits per heavy atom. The third-order valence-electron chi connectivity index (χ3n) is 3.85. The molecule has 1 aromatic heterocycles. The van der Waals surface area contributed by atoms with Crippen LogP contribution in [0.15, 0.2) is 4.99 Å². The first-order valence-corrected chi connectivity index (χ1v) is 9.30. The van der Waals surface area contributed by atoms with Crippen LogP contribution in [0.2, 0.25) is 0 Å². The van der Waals surface area contributed by atoms with Crippen LogP contribution >= 0.6 is 35.3 Å². The molecule has 1 rings (SSSR count). The Morgan fingerprint density at radius 2 is 1.79 bits per heavy atom. The van der Waals surface area contributed by atoms with Gasteiger partial charge in [-0.3, -0.25) is 9.89 Å². The summed E-state index contributed by atoms with van der Waals surface area (Å²) >= 11 is 1.74. The van der Waals surface area contributed by atoms with Gasteiger partial charge in [-0.15, -0.1) is 35.3 Å². The topological polar surface area (TPSA) is 52.6 Å². The van der Waals surface area contributed by atoms with Gasteiger partial charge in [-0.25, -0.2) is 4.98 Å². The molecule has 1 heterocycles. The average molecular weight is 467 g/mol. The molecule has 0 radical (unpaired) electrons. The Morgan fingerprint density at radius 1 is 1.17 bits per heavy atom. The van der Waals surface area contributed by atoms with E-state index in [2.05, 4.69) is 60.1 Å². The van der Waals surface area contributed by atoms with Crippen molar-refractivity contribution in [3.8, 4) is 0 Å². The van der Waals surface area contributed by atoms with Crippen molar-refractivity contribution in [2.75, 3.05) is 20.1 Å². The van der Waals surface area contributed by atoms with Crippen LogP contribution in [0, 0.1) is 13.8 Å². The van der Waals surface area contributed by atoms with E-state index in [1.54, 1.807) is 11.3 Å². The molecule has 0 unspecified atom stereocenters. The highest BCUT2D eigenvalue weighted by Crippen LogP contribution is 2.16. The van der Waals surface area contributed by atoms with Gasteiger partial charge in [-0.05, 0) is 48.0 Å². The van der Waals surface area contributed by atoms with E-state index in [4.69, 9.17) is 0 Å². The van der Waals surface area contributed by atoms with Crippen LogP contribution in [0.1, 0.15) is 49.7 Å². The van der Waals surface area contributed by atoms with Crippen molar-refractivity contribution in [1.29, 1.82) is 0 Å². The zero-order chi connectivity index (χ0) is 17.4. The summed E-state index contributed by atoms with van der Waals surface area (Å²) in [7, 11) is 1.81. The zero-order valence-electron chi connectivity index (χ0n) is 16.1. The van der Waals surface area contributed by atoms with Crippen molar-refractivity contribution in [3.63, 3.8) is 0 Å². The smallest absolute Gasteiger partial charge is 0.191 e. The lowest BCUT2D eigenvalue weighted by atomic mass is 10.2. The molecule has 2 N–H and O–H groups in total. The van der Waals surface area contributed by atoms with E-state index < -0.39 is 0 Å². The summed E-state index contributed by atoms with van der Waals surface area (Å²) in [6, 6.07) is 1.18. The number of nitrogens with zero attached hydrogens (tertiary/aromatic N) is 3. The number of nitrogens with one attached hydrogen (secondary N) is 2. The van der Waals surface area contributed by atoms with Crippen molar-refractivity contribution >= 4 is 41.3 Å². The van der Waals surface area contributed by atoms with E-state index in [1.165, 1.54) is 4.88 Å². The Labute approximate surface area is 168 Å². The zero-order valence-corrected chi connectivity index (χ0v) is 19.3. The van der Waals surface area contributed by atoms with Crippen LogP contribution in [0.5, 0.6) is 0 Å². The second-order valence-corrected chi connectivity index (χ2v) is 7.66. The molecular weight excluding hydrogens is 433 g/mol. The van der Waals surface area contributed by atoms with Crippen molar-refractivity contribution < 1.29 is 0 Å². The summed E-state index contributed by atoms with van der Waals surface area (Å²) in [5.74, 6) is 0.857. The third kappa shape index (κ3) is 8.11. The predicted molar refractivity (Wildman–Crippen MR) is 117 cm³/mol. The second-order valence-electron chi connectivity index (χ2n) is 6.37. The van der Waals surface area contributed by atoms with Crippen LogP contribution < -0.4 is 10.6 Å². The lowest BCUT2D eigenvalue weighted by Gasteiger charge is -2.30. The largest absolute Gasteiger partial charge is 0.356 e. The fourth-order valence-corrected chi connectivity index (χ4v) is 3.58. The number of hydrogen-bond donors (Lipinski definition) is 2. The molecule has 7 heteroatoms. The fourth-order valence-electron chi connectivity index (χ4n) is 2.70. The minimum absolute atomic E-state index is 0. The van der Waals surface area contributed by atoms with Crippen molar-refractivity contribution in [2.24, 2.45) is 4.99 Å². The third-order valence-corrected chi connectivity index (χ3v) is 4.92. The molecule has 0 amide bonds. The van der Waals surface area contributed by atoms with Gasteiger partial charge in [-0.2, -0.15) is 0 Å². The summed E-state index contributed by atoms with van der Waals surface area (Å²) in [5.41, 5.74) is 1.11. The molecule has 0 aliphatic carbocycles. The van der Waals surface area contributed by atoms with E-state index in [9.17, 15) is 0 Å². The highest BCUT2D eigenvalue weighted by molar-refractivity contribution is 14.0. The quantitative estimate of drug-likeness (QED) is 0.266. The molecule has 0 saturated heterocycles. The van der Waals surface area contributed by atoms with E-state index in [0.29, 0.717) is 12.1 Å². The molecule has 0 bridgehead atoms. The lowest BCUT2D eigenvalue weighted by molar-refractivity contribution is 0.173. The minimum Gasteiger partial charge on any atom is -0.356 e. The number of aliphatic imine (C=N–C) groups is 1. The van der Waals surface area contributed by atoms with Crippen molar-refractivity contribution in [2.45, 2.75) is 66.6 Å². The Bertz CT molecular complexity index is 491. The molecule has 140 valence electrons. The molecule has 0 spiro atoms. The number of halogens is 1. The minimum atomic E-state index is 0. The molecule has 0 atom stereocenters. The molecule has 1 aromatic rings.